The van der Waals surface area contributed by atoms with E-state index >= 15 is 0 Å². The van der Waals surface area contributed by atoms with E-state index in [0.29, 0.717) is 31.9 Å². The van der Waals surface area contributed by atoms with Gasteiger partial charge in [-0.25, -0.2) is 14.4 Å². The minimum Gasteiger partial charge on any atom is -0.459 e. The average Bonchev–Trinajstić information content (AvgIpc) is 3.01. The summed E-state index contributed by atoms with van der Waals surface area (Å²) in [6.07, 6.45) is 3.93. The van der Waals surface area contributed by atoms with E-state index in [4.69, 9.17) is 4.42 Å². The van der Waals surface area contributed by atoms with Gasteiger partial charge in [0.2, 0.25) is 0 Å². The number of carbonyl (C=O) groups excluding carboxylic acids is 1. The fourth-order valence-electron chi connectivity index (χ4n) is 2.22. The summed E-state index contributed by atoms with van der Waals surface area (Å²) in [5.41, 5.74) is 0. The van der Waals surface area contributed by atoms with Gasteiger partial charge in [-0.3, -0.25) is 4.79 Å². The van der Waals surface area contributed by atoms with Crippen molar-refractivity contribution in [1.82, 2.24) is 14.9 Å². The molecule has 0 aromatic carbocycles. The van der Waals surface area contributed by atoms with E-state index in [0.717, 1.165) is 6.20 Å². The summed E-state index contributed by atoms with van der Waals surface area (Å²) in [5, 5.41) is 0. The van der Waals surface area contributed by atoms with E-state index in [-0.39, 0.29) is 11.7 Å². The van der Waals surface area contributed by atoms with Gasteiger partial charge in [0.1, 0.15) is 6.33 Å². The zero-order valence-corrected chi connectivity index (χ0v) is 10.7. The summed E-state index contributed by atoms with van der Waals surface area (Å²) < 4.78 is 18.7. The van der Waals surface area contributed by atoms with Gasteiger partial charge in [-0.05, 0) is 12.1 Å². The highest BCUT2D eigenvalue weighted by molar-refractivity contribution is 5.91. The second-order valence-electron chi connectivity index (χ2n) is 4.45. The molecule has 0 N–H and O–H groups in total. The van der Waals surface area contributed by atoms with Crippen LogP contribution in [0, 0.1) is 5.82 Å². The van der Waals surface area contributed by atoms with Crippen molar-refractivity contribution < 1.29 is 13.6 Å². The first-order valence-corrected chi connectivity index (χ1v) is 6.29. The molecule has 20 heavy (non-hydrogen) atoms. The minimum absolute atomic E-state index is 0.141. The number of furan rings is 1. The van der Waals surface area contributed by atoms with Crippen LogP contribution in [0.15, 0.2) is 35.3 Å². The maximum Gasteiger partial charge on any atom is 0.289 e. The zero-order chi connectivity index (χ0) is 13.9. The molecule has 0 radical (unpaired) electrons. The molecule has 0 aliphatic carbocycles. The molecule has 0 bridgehead atoms. The minimum atomic E-state index is -0.446. The largest absolute Gasteiger partial charge is 0.459 e. The Bertz CT molecular complexity index is 594. The summed E-state index contributed by atoms with van der Waals surface area (Å²) in [7, 11) is 0. The van der Waals surface area contributed by atoms with E-state index in [1.54, 1.807) is 17.0 Å². The molecular weight excluding hydrogens is 263 g/mol. The predicted octanol–water partition coefficient (Wildman–Crippen LogP) is 1.17. The number of hydrogen-bond donors (Lipinski definition) is 0. The maximum atomic E-state index is 13.6. The van der Waals surface area contributed by atoms with Crippen LogP contribution in [0.5, 0.6) is 0 Å². The molecule has 1 aliphatic rings. The Morgan fingerprint density at radius 1 is 1.30 bits per heavy atom. The number of anilines is 1. The number of aromatic nitrogens is 2. The van der Waals surface area contributed by atoms with Gasteiger partial charge in [-0.1, -0.05) is 0 Å². The molecule has 2 aromatic heterocycles. The number of carbonyl (C=O) groups is 1. The van der Waals surface area contributed by atoms with Crippen molar-refractivity contribution in [2.75, 3.05) is 31.1 Å². The van der Waals surface area contributed by atoms with Crippen molar-refractivity contribution in [3.63, 3.8) is 0 Å². The Morgan fingerprint density at radius 3 is 2.75 bits per heavy atom. The van der Waals surface area contributed by atoms with E-state index in [9.17, 15) is 9.18 Å². The van der Waals surface area contributed by atoms with Crippen LogP contribution in [0.2, 0.25) is 0 Å². The first-order chi connectivity index (χ1) is 9.75. The molecule has 0 atom stereocenters. The van der Waals surface area contributed by atoms with Gasteiger partial charge in [0.15, 0.2) is 17.4 Å². The average molecular weight is 276 g/mol. The lowest BCUT2D eigenvalue weighted by molar-refractivity contribution is 0.0714. The molecular formula is C13H13FN4O2. The summed E-state index contributed by atoms with van der Waals surface area (Å²) in [4.78, 5) is 23.1. The summed E-state index contributed by atoms with van der Waals surface area (Å²) in [6.45, 7) is 2.06. The summed E-state index contributed by atoms with van der Waals surface area (Å²) >= 11 is 0. The highest BCUT2D eigenvalue weighted by Crippen LogP contribution is 2.17. The van der Waals surface area contributed by atoms with Crippen molar-refractivity contribution in [2.24, 2.45) is 0 Å². The summed E-state index contributed by atoms with van der Waals surface area (Å²) in [5.74, 6) is 0.0212. The van der Waals surface area contributed by atoms with Gasteiger partial charge < -0.3 is 14.2 Å². The van der Waals surface area contributed by atoms with Crippen LogP contribution in [0.3, 0.4) is 0 Å². The van der Waals surface area contributed by atoms with Gasteiger partial charge in [0.05, 0.1) is 12.5 Å². The normalized spacial score (nSPS) is 15.4. The number of nitrogens with zero attached hydrogens (tertiary/aromatic N) is 4. The SMILES string of the molecule is O=C(c1ccco1)N1CCN(c2ncncc2F)CC1. The number of halogens is 1. The molecule has 1 saturated heterocycles. The Morgan fingerprint density at radius 2 is 2.10 bits per heavy atom. The maximum absolute atomic E-state index is 13.6. The number of hydrogen-bond acceptors (Lipinski definition) is 5. The molecule has 1 fully saturated rings. The van der Waals surface area contributed by atoms with Gasteiger partial charge >= 0.3 is 0 Å². The number of rotatable bonds is 2. The van der Waals surface area contributed by atoms with E-state index in [2.05, 4.69) is 9.97 Å². The molecule has 2 aromatic rings. The monoisotopic (exact) mass is 276 g/mol. The molecule has 0 unspecified atom stereocenters. The van der Waals surface area contributed by atoms with Gasteiger partial charge in [-0.2, -0.15) is 0 Å². The quantitative estimate of drug-likeness (QED) is 0.824. The van der Waals surface area contributed by atoms with Gasteiger partial charge in [0, 0.05) is 26.2 Å². The van der Waals surface area contributed by atoms with E-state index < -0.39 is 5.82 Å². The van der Waals surface area contributed by atoms with Crippen LogP contribution in [0.1, 0.15) is 10.6 Å². The van der Waals surface area contributed by atoms with Crippen molar-refractivity contribution in [3.05, 3.63) is 42.5 Å². The van der Waals surface area contributed by atoms with Crippen molar-refractivity contribution in [2.45, 2.75) is 0 Å². The third-order valence-corrected chi connectivity index (χ3v) is 3.25. The molecule has 7 heteroatoms. The third kappa shape index (κ3) is 2.34. The van der Waals surface area contributed by atoms with Crippen LogP contribution >= 0.6 is 0 Å². The third-order valence-electron chi connectivity index (χ3n) is 3.25. The lowest BCUT2D eigenvalue weighted by atomic mass is 10.3. The number of amides is 1. The Hall–Kier alpha value is -2.44. The van der Waals surface area contributed by atoms with Crippen LogP contribution < -0.4 is 4.90 Å². The standard InChI is InChI=1S/C13H13FN4O2/c14-10-8-15-9-16-12(10)17-3-5-18(6-4-17)13(19)11-2-1-7-20-11/h1-2,7-9H,3-6H2. The zero-order valence-electron chi connectivity index (χ0n) is 10.7. The number of piperazine rings is 1. The van der Waals surface area contributed by atoms with E-state index in [1.165, 1.54) is 12.6 Å². The fourth-order valence-corrected chi connectivity index (χ4v) is 2.22. The van der Waals surface area contributed by atoms with Crippen LogP contribution in [0.4, 0.5) is 10.2 Å². The summed E-state index contributed by atoms with van der Waals surface area (Å²) in [6, 6.07) is 3.32. The molecule has 6 nitrogen and oxygen atoms in total. The molecule has 3 rings (SSSR count). The Kier molecular flexibility index (Phi) is 3.32. The molecule has 0 spiro atoms. The lowest BCUT2D eigenvalue weighted by Crippen LogP contribution is -2.49. The van der Waals surface area contributed by atoms with Crippen LogP contribution in [-0.4, -0.2) is 47.0 Å². The topological polar surface area (TPSA) is 62.5 Å². The van der Waals surface area contributed by atoms with Crippen molar-refractivity contribution in [1.29, 1.82) is 0 Å². The molecule has 3 heterocycles. The smallest absolute Gasteiger partial charge is 0.289 e. The van der Waals surface area contributed by atoms with Crippen LogP contribution in [-0.2, 0) is 0 Å². The van der Waals surface area contributed by atoms with Crippen molar-refractivity contribution in [3.8, 4) is 0 Å². The van der Waals surface area contributed by atoms with Crippen molar-refractivity contribution >= 4 is 11.7 Å². The second kappa shape index (κ2) is 5.28. The highest BCUT2D eigenvalue weighted by Gasteiger charge is 2.25. The predicted molar refractivity (Wildman–Crippen MR) is 68.8 cm³/mol. The lowest BCUT2D eigenvalue weighted by Gasteiger charge is -2.34. The molecule has 1 amide bonds. The van der Waals surface area contributed by atoms with Gasteiger partial charge in [0.25, 0.3) is 5.91 Å². The fraction of sp³-hybridized carbons (Fsp3) is 0.308. The Labute approximate surface area is 114 Å². The van der Waals surface area contributed by atoms with Gasteiger partial charge in [-0.15, -0.1) is 0 Å². The molecule has 0 saturated carbocycles. The first kappa shape index (κ1) is 12.6. The van der Waals surface area contributed by atoms with Crippen LogP contribution in [0.25, 0.3) is 0 Å². The Balaban J connectivity index is 1.65. The highest BCUT2D eigenvalue weighted by atomic mass is 19.1. The first-order valence-electron chi connectivity index (χ1n) is 6.29. The van der Waals surface area contributed by atoms with E-state index in [1.807, 2.05) is 4.90 Å². The molecule has 1 aliphatic heterocycles. The molecule has 104 valence electrons. The second-order valence-corrected chi connectivity index (χ2v) is 4.45.